The van der Waals surface area contributed by atoms with Crippen molar-refractivity contribution in [3.63, 3.8) is 0 Å². The van der Waals surface area contributed by atoms with Crippen LogP contribution >= 0.6 is 23.1 Å². The zero-order chi connectivity index (χ0) is 15.1. The van der Waals surface area contributed by atoms with Gasteiger partial charge in [-0.15, -0.1) is 11.3 Å². The van der Waals surface area contributed by atoms with Crippen LogP contribution in [0.15, 0.2) is 11.4 Å². The molecule has 1 saturated carbocycles. The van der Waals surface area contributed by atoms with Crippen LogP contribution in [0.5, 0.6) is 0 Å². The Labute approximate surface area is 134 Å². The summed E-state index contributed by atoms with van der Waals surface area (Å²) in [7, 11) is 0. The van der Waals surface area contributed by atoms with Gasteiger partial charge in [-0.1, -0.05) is 11.8 Å². The fourth-order valence-electron chi connectivity index (χ4n) is 2.44. The molecule has 0 aromatic carbocycles. The van der Waals surface area contributed by atoms with Gasteiger partial charge in [0.2, 0.25) is 0 Å². The predicted molar refractivity (Wildman–Crippen MR) is 89.9 cm³/mol. The van der Waals surface area contributed by atoms with Crippen LogP contribution in [-0.2, 0) is 0 Å². The van der Waals surface area contributed by atoms with Crippen LogP contribution < -0.4 is 5.32 Å². The maximum Gasteiger partial charge on any atom is 0.252 e. The van der Waals surface area contributed by atoms with Crippen molar-refractivity contribution in [2.75, 3.05) is 12.9 Å². The molecule has 0 radical (unpaired) electrons. The van der Waals surface area contributed by atoms with E-state index in [1.165, 1.54) is 24.2 Å². The molecule has 1 aliphatic carbocycles. The van der Waals surface area contributed by atoms with Crippen LogP contribution in [0, 0.1) is 11.8 Å². The van der Waals surface area contributed by atoms with Crippen molar-refractivity contribution in [1.82, 2.24) is 5.32 Å². The summed E-state index contributed by atoms with van der Waals surface area (Å²) in [5.41, 5.74) is 0.695. The highest BCUT2D eigenvalue weighted by Crippen LogP contribution is 2.27. The van der Waals surface area contributed by atoms with Crippen molar-refractivity contribution in [3.8, 4) is 11.8 Å². The maximum absolute atomic E-state index is 12.2. The number of thiophene rings is 1. The highest BCUT2D eigenvalue weighted by Gasteiger charge is 2.22. The maximum atomic E-state index is 12.2. The van der Waals surface area contributed by atoms with Gasteiger partial charge in [0.15, 0.2) is 0 Å². The fourth-order valence-corrected chi connectivity index (χ4v) is 3.94. The van der Waals surface area contributed by atoms with Gasteiger partial charge in [-0.05, 0) is 38.0 Å². The van der Waals surface area contributed by atoms with E-state index >= 15 is 0 Å². The lowest BCUT2D eigenvalue weighted by molar-refractivity contribution is 0.0928. The molecule has 1 heterocycles. The van der Waals surface area contributed by atoms with E-state index < -0.39 is 0 Å². The number of hydrogen-bond donors (Lipinski definition) is 2. The number of carbonyl (C=O) groups excluding carboxylic acids is 1. The quantitative estimate of drug-likeness (QED) is 0.838. The van der Waals surface area contributed by atoms with Crippen molar-refractivity contribution >= 4 is 29.0 Å². The number of nitrogens with one attached hydrogen (secondary N) is 1. The lowest BCUT2D eigenvalue weighted by Crippen LogP contribution is -2.37. The topological polar surface area (TPSA) is 49.3 Å². The van der Waals surface area contributed by atoms with Crippen LogP contribution in [-0.4, -0.2) is 35.2 Å². The predicted octanol–water partition coefficient (Wildman–Crippen LogP) is 2.89. The molecule has 114 valence electrons. The van der Waals surface area contributed by atoms with Crippen LogP contribution in [0.25, 0.3) is 0 Å². The Hall–Kier alpha value is -0.960. The first-order valence-corrected chi connectivity index (χ1v) is 9.41. The van der Waals surface area contributed by atoms with Crippen LogP contribution in [0.1, 0.15) is 47.3 Å². The lowest BCUT2D eigenvalue weighted by Gasteiger charge is -2.27. The summed E-state index contributed by atoms with van der Waals surface area (Å²) in [5, 5.41) is 14.4. The molecule has 2 N–H and O–H groups in total. The average Bonchev–Trinajstić information content (AvgIpc) is 2.97. The van der Waals surface area contributed by atoms with Gasteiger partial charge in [0.05, 0.1) is 17.0 Å². The number of carbonyl (C=O) groups is 1. The molecule has 0 bridgehead atoms. The highest BCUT2D eigenvalue weighted by molar-refractivity contribution is 7.99. The largest absolute Gasteiger partial charge is 0.395 e. The second-order valence-electron chi connectivity index (χ2n) is 5.16. The molecule has 1 aromatic rings. The molecule has 0 unspecified atom stereocenters. The molecule has 2 rings (SSSR count). The molecule has 1 fully saturated rings. The third-order valence-corrected chi connectivity index (χ3v) is 5.64. The molecule has 1 aromatic heterocycles. The number of amides is 1. The molecule has 0 atom stereocenters. The smallest absolute Gasteiger partial charge is 0.252 e. The van der Waals surface area contributed by atoms with Gasteiger partial charge in [-0.2, -0.15) is 11.8 Å². The van der Waals surface area contributed by atoms with Crippen molar-refractivity contribution < 1.29 is 9.90 Å². The summed E-state index contributed by atoms with van der Waals surface area (Å²) in [6.07, 6.45) is 7.16. The van der Waals surface area contributed by atoms with E-state index in [1.54, 1.807) is 0 Å². The normalized spacial score (nSPS) is 21.4. The zero-order valence-corrected chi connectivity index (χ0v) is 13.9. The molecule has 1 aliphatic rings. The van der Waals surface area contributed by atoms with E-state index in [0.29, 0.717) is 18.0 Å². The molecule has 0 saturated heterocycles. The van der Waals surface area contributed by atoms with Crippen LogP contribution in [0.3, 0.4) is 0 Å². The Morgan fingerprint density at radius 2 is 2.24 bits per heavy atom. The van der Waals surface area contributed by atoms with Crippen molar-refractivity contribution in [1.29, 1.82) is 0 Å². The Morgan fingerprint density at radius 1 is 1.48 bits per heavy atom. The molecular formula is C16H21NO2S2. The molecule has 5 heteroatoms. The van der Waals surface area contributed by atoms with Gasteiger partial charge in [-0.25, -0.2) is 0 Å². The minimum absolute atomic E-state index is 0.00839. The van der Waals surface area contributed by atoms with Gasteiger partial charge >= 0.3 is 0 Å². The summed E-state index contributed by atoms with van der Waals surface area (Å²) in [4.78, 5) is 13.1. The first-order chi connectivity index (χ1) is 10.2. The second-order valence-corrected chi connectivity index (χ2v) is 7.21. The van der Waals surface area contributed by atoms with E-state index in [9.17, 15) is 4.79 Å². The van der Waals surface area contributed by atoms with Gasteiger partial charge in [0.1, 0.15) is 0 Å². The molecule has 21 heavy (non-hydrogen) atoms. The van der Waals surface area contributed by atoms with Crippen molar-refractivity contribution in [3.05, 3.63) is 21.9 Å². The van der Waals surface area contributed by atoms with E-state index in [1.807, 2.05) is 23.2 Å². The van der Waals surface area contributed by atoms with Crippen molar-refractivity contribution in [2.45, 2.75) is 43.4 Å². The molecule has 3 nitrogen and oxygen atoms in total. The minimum atomic E-state index is 0.00839. The van der Waals surface area contributed by atoms with Crippen molar-refractivity contribution in [2.24, 2.45) is 0 Å². The summed E-state index contributed by atoms with van der Waals surface area (Å²) in [6, 6.07) is 2.14. The van der Waals surface area contributed by atoms with E-state index in [4.69, 9.17) is 5.11 Å². The summed E-state index contributed by atoms with van der Waals surface area (Å²) >= 11 is 3.41. The summed E-state index contributed by atoms with van der Waals surface area (Å²) < 4.78 is 0. The zero-order valence-electron chi connectivity index (χ0n) is 12.2. The summed E-state index contributed by atoms with van der Waals surface area (Å²) in [5.74, 6) is 5.84. The lowest BCUT2D eigenvalue weighted by atomic mass is 9.95. The highest BCUT2D eigenvalue weighted by atomic mass is 32.2. The fraction of sp³-hybridized carbons (Fsp3) is 0.562. The van der Waals surface area contributed by atoms with E-state index in [-0.39, 0.29) is 12.5 Å². The van der Waals surface area contributed by atoms with Gasteiger partial charge in [-0.3, -0.25) is 4.79 Å². The third kappa shape index (κ3) is 5.06. The van der Waals surface area contributed by atoms with Gasteiger partial charge < -0.3 is 10.4 Å². The monoisotopic (exact) mass is 323 g/mol. The Balaban J connectivity index is 1.85. The Morgan fingerprint density at radius 3 is 2.90 bits per heavy atom. The molecular weight excluding hydrogens is 302 g/mol. The third-order valence-electron chi connectivity index (χ3n) is 3.65. The second kappa shape index (κ2) is 8.47. The average molecular weight is 323 g/mol. The standard InChI is InChI=1S/C16H21NO2S2/c1-20-14-7-5-13(6-8-14)17-16(19)12-10-15(21-11-12)4-2-3-9-18/h10-11,13-14,18H,3,5-9H2,1H3,(H,17,19). The number of aliphatic hydroxyl groups excluding tert-OH is 1. The number of thioether (sulfide) groups is 1. The van der Waals surface area contributed by atoms with Gasteiger partial charge in [0.25, 0.3) is 5.91 Å². The Bertz CT molecular complexity index is 522. The van der Waals surface area contributed by atoms with Gasteiger partial charge in [0, 0.05) is 23.1 Å². The molecule has 0 spiro atoms. The number of aliphatic hydroxyl groups is 1. The number of hydrogen-bond acceptors (Lipinski definition) is 4. The number of rotatable bonds is 4. The molecule has 0 aliphatic heterocycles. The van der Waals surface area contributed by atoms with Crippen LogP contribution in [0.4, 0.5) is 0 Å². The van der Waals surface area contributed by atoms with E-state index in [0.717, 1.165) is 23.0 Å². The summed E-state index contributed by atoms with van der Waals surface area (Å²) in [6.45, 7) is 0.0738. The first-order valence-electron chi connectivity index (χ1n) is 7.25. The SMILES string of the molecule is CSC1CCC(NC(=O)c2csc(C#CCCO)c2)CC1. The minimum Gasteiger partial charge on any atom is -0.395 e. The first kappa shape index (κ1) is 16.4. The van der Waals surface area contributed by atoms with E-state index in [2.05, 4.69) is 23.4 Å². The Kier molecular flexibility index (Phi) is 6.62. The van der Waals surface area contributed by atoms with Crippen LogP contribution in [0.2, 0.25) is 0 Å². The molecule has 1 amide bonds.